The van der Waals surface area contributed by atoms with Crippen LogP contribution in [-0.4, -0.2) is 42.8 Å². The number of rotatable bonds is 6. The van der Waals surface area contributed by atoms with Gasteiger partial charge in [0.05, 0.1) is 18.4 Å². The monoisotopic (exact) mass is 353 g/mol. The highest BCUT2D eigenvalue weighted by Gasteiger charge is 2.24. The fourth-order valence-corrected chi connectivity index (χ4v) is 2.55. The number of nitrogens with zero attached hydrogens (tertiary/aromatic N) is 3. The van der Waals surface area contributed by atoms with E-state index in [-0.39, 0.29) is 11.8 Å². The molecule has 24 heavy (non-hydrogen) atoms. The summed E-state index contributed by atoms with van der Waals surface area (Å²) in [6, 6.07) is 7.10. The molecule has 2 unspecified atom stereocenters. The molecule has 0 aliphatic rings. The Balaban J connectivity index is 2.42. The summed E-state index contributed by atoms with van der Waals surface area (Å²) in [5.74, 6) is 0.930. The normalized spacial score (nSPS) is 14.6. The highest BCUT2D eigenvalue weighted by Crippen LogP contribution is 2.25. The van der Waals surface area contributed by atoms with E-state index >= 15 is 0 Å². The van der Waals surface area contributed by atoms with E-state index in [2.05, 4.69) is 30.9 Å². The average Bonchev–Trinajstić information content (AvgIpc) is 2.89. The van der Waals surface area contributed by atoms with Crippen molar-refractivity contribution in [1.82, 2.24) is 14.8 Å². The molecule has 6 nitrogen and oxygen atoms in total. The summed E-state index contributed by atoms with van der Waals surface area (Å²) in [5.41, 5.74) is 0.676. The molecule has 2 atom stereocenters. The van der Waals surface area contributed by atoms with Gasteiger partial charge in [0.1, 0.15) is 6.10 Å². The van der Waals surface area contributed by atoms with Crippen molar-refractivity contribution in [3.8, 4) is 5.69 Å². The zero-order valence-electron chi connectivity index (χ0n) is 14.1. The fourth-order valence-electron chi connectivity index (χ4n) is 2.37. The van der Waals surface area contributed by atoms with Crippen LogP contribution >= 0.6 is 11.6 Å². The van der Waals surface area contributed by atoms with Crippen LogP contribution in [0.1, 0.15) is 44.9 Å². The van der Waals surface area contributed by atoms with E-state index in [0.29, 0.717) is 28.8 Å². The molecule has 3 N–H and O–H groups in total. The van der Waals surface area contributed by atoms with Crippen LogP contribution in [0.2, 0.25) is 5.02 Å². The zero-order valence-corrected chi connectivity index (χ0v) is 14.9. The summed E-state index contributed by atoms with van der Waals surface area (Å²) in [5, 5.41) is 34.1. The third-order valence-electron chi connectivity index (χ3n) is 3.42. The van der Waals surface area contributed by atoms with Crippen molar-refractivity contribution in [1.29, 1.82) is 0 Å². The molecule has 1 aromatic heterocycles. The number of aromatic nitrogens is 3. The summed E-state index contributed by atoms with van der Waals surface area (Å²) in [4.78, 5) is 4.45. The molecule has 0 saturated heterocycles. The van der Waals surface area contributed by atoms with Crippen molar-refractivity contribution in [2.75, 3.05) is 6.61 Å². The van der Waals surface area contributed by atoms with Gasteiger partial charge in [0.15, 0.2) is 11.6 Å². The lowest BCUT2D eigenvalue weighted by molar-refractivity contribution is 0.0375. The van der Waals surface area contributed by atoms with E-state index in [0.717, 1.165) is 0 Å². The Hall–Kier alpha value is -1.47. The van der Waals surface area contributed by atoms with Gasteiger partial charge in [-0.3, -0.25) is 0 Å². The Bertz CT molecular complexity index is 682. The van der Waals surface area contributed by atoms with Crippen molar-refractivity contribution >= 4 is 11.6 Å². The molecule has 1 aromatic carbocycles. The van der Waals surface area contributed by atoms with E-state index in [1.807, 2.05) is 6.07 Å². The molecule has 0 radical (unpaired) electrons. The number of hydrogen-bond acceptors (Lipinski definition) is 5. The van der Waals surface area contributed by atoms with Crippen LogP contribution in [0.5, 0.6) is 0 Å². The first kappa shape index (κ1) is 18.9. The first-order valence-electron chi connectivity index (χ1n) is 7.88. The van der Waals surface area contributed by atoms with Crippen LogP contribution in [0.3, 0.4) is 0 Å². The van der Waals surface area contributed by atoms with Gasteiger partial charge in [-0.05, 0) is 23.6 Å². The largest absolute Gasteiger partial charge is 0.394 e. The molecule has 0 aliphatic heterocycles. The maximum atomic E-state index is 10.4. The Morgan fingerprint density at radius 2 is 1.96 bits per heavy atom. The van der Waals surface area contributed by atoms with Crippen molar-refractivity contribution < 1.29 is 15.3 Å². The number of benzene rings is 1. The smallest absolute Gasteiger partial charge is 0.161 e. The van der Waals surface area contributed by atoms with E-state index in [4.69, 9.17) is 16.7 Å². The second-order valence-electron chi connectivity index (χ2n) is 7.10. The maximum Gasteiger partial charge on any atom is 0.161 e. The second-order valence-corrected chi connectivity index (χ2v) is 7.54. The molecule has 2 rings (SSSR count). The van der Waals surface area contributed by atoms with E-state index in [9.17, 15) is 10.2 Å². The quantitative estimate of drug-likeness (QED) is 0.741. The lowest BCUT2D eigenvalue weighted by Gasteiger charge is -2.14. The SMILES string of the molecule is CC(C)(C)Cc1nc(C(O)CC(O)CO)n(-c2cccc(Cl)c2)n1. The van der Waals surface area contributed by atoms with Gasteiger partial charge in [-0.25, -0.2) is 9.67 Å². The third-order valence-corrected chi connectivity index (χ3v) is 3.66. The molecule has 0 spiro atoms. The van der Waals surface area contributed by atoms with E-state index in [1.165, 1.54) is 0 Å². The predicted octanol–water partition coefficient (Wildman–Crippen LogP) is 2.29. The molecule has 2 aromatic rings. The summed E-state index contributed by atoms with van der Waals surface area (Å²) in [6.45, 7) is 5.83. The zero-order chi connectivity index (χ0) is 17.9. The first-order chi connectivity index (χ1) is 11.2. The fraction of sp³-hybridized carbons (Fsp3) is 0.529. The second kappa shape index (κ2) is 7.61. The van der Waals surface area contributed by atoms with Gasteiger partial charge in [0.2, 0.25) is 0 Å². The Labute approximate surface area is 146 Å². The van der Waals surface area contributed by atoms with Crippen molar-refractivity contribution in [3.63, 3.8) is 0 Å². The molecule has 1 heterocycles. The Morgan fingerprint density at radius 1 is 1.25 bits per heavy atom. The van der Waals surface area contributed by atoms with Crippen molar-refractivity contribution in [2.45, 2.75) is 45.8 Å². The van der Waals surface area contributed by atoms with Gasteiger partial charge in [-0.15, -0.1) is 0 Å². The lowest BCUT2D eigenvalue weighted by Crippen LogP contribution is -2.18. The lowest BCUT2D eigenvalue weighted by atomic mass is 9.92. The molecular formula is C17H24ClN3O3. The number of halogens is 1. The minimum Gasteiger partial charge on any atom is -0.394 e. The van der Waals surface area contributed by atoms with Gasteiger partial charge in [-0.2, -0.15) is 5.10 Å². The van der Waals surface area contributed by atoms with Gasteiger partial charge in [-0.1, -0.05) is 38.4 Å². The molecule has 0 saturated carbocycles. The minimum atomic E-state index is -1.05. The van der Waals surface area contributed by atoms with Gasteiger partial charge >= 0.3 is 0 Å². The van der Waals surface area contributed by atoms with E-state index in [1.54, 1.807) is 22.9 Å². The van der Waals surface area contributed by atoms with Crippen LogP contribution in [0.4, 0.5) is 0 Å². The predicted molar refractivity (Wildman–Crippen MR) is 92.2 cm³/mol. The van der Waals surface area contributed by atoms with Crippen LogP contribution in [-0.2, 0) is 6.42 Å². The highest BCUT2D eigenvalue weighted by atomic mass is 35.5. The Kier molecular flexibility index (Phi) is 5.98. The standard InChI is InChI=1S/C17H24ClN3O3/c1-17(2,3)9-15-19-16(14(24)8-13(23)10-22)21(20-15)12-6-4-5-11(18)7-12/h4-7,13-14,22-24H,8-10H2,1-3H3. The molecule has 0 fully saturated rings. The Morgan fingerprint density at radius 3 is 2.54 bits per heavy atom. The average molecular weight is 354 g/mol. The number of hydrogen-bond donors (Lipinski definition) is 3. The summed E-state index contributed by atoms with van der Waals surface area (Å²) in [7, 11) is 0. The number of aliphatic hydroxyl groups is 3. The van der Waals surface area contributed by atoms with Crippen LogP contribution in [0.15, 0.2) is 24.3 Å². The van der Waals surface area contributed by atoms with Gasteiger partial charge < -0.3 is 15.3 Å². The minimum absolute atomic E-state index is 0.00660. The van der Waals surface area contributed by atoms with Crippen molar-refractivity contribution in [3.05, 3.63) is 40.9 Å². The number of aliphatic hydroxyl groups excluding tert-OH is 3. The van der Waals surface area contributed by atoms with Gasteiger partial charge in [0.25, 0.3) is 0 Å². The molecule has 132 valence electrons. The highest BCUT2D eigenvalue weighted by molar-refractivity contribution is 6.30. The van der Waals surface area contributed by atoms with E-state index < -0.39 is 18.8 Å². The van der Waals surface area contributed by atoms with Gasteiger partial charge in [0, 0.05) is 17.9 Å². The van der Waals surface area contributed by atoms with Crippen molar-refractivity contribution in [2.24, 2.45) is 5.41 Å². The summed E-state index contributed by atoms with van der Waals surface area (Å²) < 4.78 is 1.54. The van der Waals surface area contributed by atoms with Crippen LogP contribution in [0.25, 0.3) is 5.69 Å². The summed E-state index contributed by atoms with van der Waals surface area (Å²) in [6.07, 6.45) is -1.45. The topological polar surface area (TPSA) is 91.4 Å². The molecule has 7 heteroatoms. The molecular weight excluding hydrogens is 330 g/mol. The molecule has 0 amide bonds. The molecule has 0 aliphatic carbocycles. The maximum absolute atomic E-state index is 10.4. The van der Waals surface area contributed by atoms with Crippen LogP contribution < -0.4 is 0 Å². The van der Waals surface area contributed by atoms with Crippen LogP contribution in [0, 0.1) is 5.41 Å². The third kappa shape index (κ3) is 5.01. The first-order valence-corrected chi connectivity index (χ1v) is 8.26. The summed E-state index contributed by atoms with van der Waals surface area (Å²) >= 11 is 6.05. The molecule has 0 bridgehead atoms.